The number of likely N-dealkylation sites (tertiary alicyclic amines) is 1. The van der Waals surface area contributed by atoms with Gasteiger partial charge < -0.3 is 4.90 Å². The van der Waals surface area contributed by atoms with Crippen LogP contribution in [0.15, 0.2) is 60.8 Å². The second-order valence-corrected chi connectivity index (χ2v) is 6.24. The monoisotopic (exact) mass is 335 g/mol. The van der Waals surface area contributed by atoms with Gasteiger partial charge in [-0.2, -0.15) is 5.10 Å². The van der Waals surface area contributed by atoms with Gasteiger partial charge in [0.2, 0.25) is 0 Å². The lowest BCUT2D eigenvalue weighted by Gasteiger charge is -2.25. The van der Waals surface area contributed by atoms with Crippen LogP contribution in [0, 0.1) is 5.82 Å². The van der Waals surface area contributed by atoms with Gasteiger partial charge in [-0.05, 0) is 30.5 Å². The number of H-pyrrole nitrogens is 1. The minimum absolute atomic E-state index is 0.0700. The third-order valence-corrected chi connectivity index (χ3v) is 4.68. The second kappa shape index (κ2) is 6.51. The van der Waals surface area contributed by atoms with E-state index in [1.165, 1.54) is 18.3 Å². The molecule has 1 amide bonds. The van der Waals surface area contributed by atoms with Gasteiger partial charge in [-0.3, -0.25) is 9.89 Å². The van der Waals surface area contributed by atoms with E-state index in [4.69, 9.17) is 0 Å². The zero-order valence-electron chi connectivity index (χ0n) is 13.7. The molecule has 1 aliphatic heterocycles. The number of nitrogens with zero attached hydrogens (tertiary/aromatic N) is 2. The van der Waals surface area contributed by atoms with Crippen LogP contribution in [0.3, 0.4) is 0 Å². The van der Waals surface area contributed by atoms with Crippen LogP contribution in [0.25, 0.3) is 11.3 Å². The van der Waals surface area contributed by atoms with Crippen LogP contribution in [0.2, 0.25) is 0 Å². The van der Waals surface area contributed by atoms with Crippen molar-refractivity contribution in [3.8, 4) is 11.3 Å². The first-order valence-corrected chi connectivity index (χ1v) is 8.39. The SMILES string of the molecule is O=C(c1cn[nH]c1-c1cccc(F)c1)N1CCC[C@H]1c1ccccc1. The number of halogens is 1. The first-order valence-electron chi connectivity index (χ1n) is 8.39. The highest BCUT2D eigenvalue weighted by Gasteiger charge is 2.32. The van der Waals surface area contributed by atoms with Crippen molar-refractivity contribution in [2.75, 3.05) is 6.54 Å². The maximum Gasteiger partial charge on any atom is 0.258 e. The number of carbonyl (C=O) groups is 1. The van der Waals surface area contributed by atoms with Crippen LogP contribution in [0.1, 0.15) is 34.8 Å². The lowest BCUT2D eigenvalue weighted by molar-refractivity contribution is 0.0736. The van der Waals surface area contributed by atoms with E-state index in [1.807, 2.05) is 23.1 Å². The molecule has 1 atom stereocenters. The Hall–Kier alpha value is -2.95. The Morgan fingerprint density at radius 2 is 2.00 bits per heavy atom. The number of hydrogen-bond acceptors (Lipinski definition) is 2. The van der Waals surface area contributed by atoms with Crippen molar-refractivity contribution in [2.24, 2.45) is 0 Å². The van der Waals surface area contributed by atoms with Gasteiger partial charge in [-0.25, -0.2) is 4.39 Å². The number of aromatic nitrogens is 2. The quantitative estimate of drug-likeness (QED) is 0.780. The molecule has 0 bridgehead atoms. The summed E-state index contributed by atoms with van der Waals surface area (Å²) in [6, 6.07) is 16.3. The summed E-state index contributed by atoms with van der Waals surface area (Å²) >= 11 is 0. The largest absolute Gasteiger partial charge is 0.331 e. The van der Waals surface area contributed by atoms with E-state index in [9.17, 15) is 9.18 Å². The molecule has 3 aromatic rings. The number of amides is 1. The summed E-state index contributed by atoms with van der Waals surface area (Å²) in [6.07, 6.45) is 3.45. The van der Waals surface area contributed by atoms with Gasteiger partial charge >= 0.3 is 0 Å². The summed E-state index contributed by atoms with van der Waals surface area (Å²) in [5.74, 6) is -0.409. The molecule has 126 valence electrons. The molecule has 0 saturated carbocycles. The van der Waals surface area contributed by atoms with Crippen LogP contribution in [-0.2, 0) is 0 Å². The highest BCUT2D eigenvalue weighted by atomic mass is 19.1. The van der Waals surface area contributed by atoms with Crippen molar-refractivity contribution in [1.82, 2.24) is 15.1 Å². The second-order valence-electron chi connectivity index (χ2n) is 6.24. The molecule has 0 aliphatic carbocycles. The molecule has 1 N–H and O–H groups in total. The van der Waals surface area contributed by atoms with E-state index in [0.717, 1.165) is 18.4 Å². The number of carbonyl (C=O) groups excluding carboxylic acids is 1. The fourth-order valence-electron chi connectivity index (χ4n) is 3.50. The Morgan fingerprint density at radius 1 is 1.16 bits per heavy atom. The average Bonchev–Trinajstić information content (AvgIpc) is 3.31. The molecule has 5 heteroatoms. The minimum Gasteiger partial charge on any atom is -0.331 e. The number of aromatic amines is 1. The minimum atomic E-state index is -0.339. The molecule has 2 heterocycles. The van der Waals surface area contributed by atoms with Crippen molar-refractivity contribution in [1.29, 1.82) is 0 Å². The molecule has 4 rings (SSSR count). The molecule has 25 heavy (non-hydrogen) atoms. The topological polar surface area (TPSA) is 49.0 Å². The van der Waals surface area contributed by atoms with Crippen LogP contribution in [-0.4, -0.2) is 27.5 Å². The van der Waals surface area contributed by atoms with Crippen molar-refractivity contribution < 1.29 is 9.18 Å². The molecule has 1 fully saturated rings. The van der Waals surface area contributed by atoms with Crippen LogP contribution < -0.4 is 0 Å². The Balaban J connectivity index is 1.67. The van der Waals surface area contributed by atoms with Gasteiger partial charge in [-0.1, -0.05) is 42.5 Å². The fraction of sp³-hybridized carbons (Fsp3) is 0.200. The molecule has 0 radical (unpaired) electrons. The van der Waals surface area contributed by atoms with Crippen molar-refractivity contribution in [3.63, 3.8) is 0 Å². The summed E-state index contributed by atoms with van der Waals surface area (Å²) < 4.78 is 13.5. The Bertz CT molecular complexity index is 891. The summed E-state index contributed by atoms with van der Waals surface area (Å²) in [5, 5.41) is 6.87. The van der Waals surface area contributed by atoms with Crippen LogP contribution in [0.4, 0.5) is 4.39 Å². The number of benzene rings is 2. The van der Waals surface area contributed by atoms with E-state index >= 15 is 0 Å². The van der Waals surface area contributed by atoms with Crippen molar-refractivity contribution in [3.05, 3.63) is 77.7 Å². The summed E-state index contributed by atoms with van der Waals surface area (Å²) in [7, 11) is 0. The Morgan fingerprint density at radius 3 is 2.80 bits per heavy atom. The smallest absolute Gasteiger partial charge is 0.258 e. The molecule has 4 nitrogen and oxygen atoms in total. The van der Waals surface area contributed by atoms with E-state index in [1.54, 1.807) is 12.1 Å². The predicted octanol–water partition coefficient (Wildman–Crippen LogP) is 4.19. The molecular formula is C20H18FN3O. The zero-order chi connectivity index (χ0) is 17.2. The molecule has 2 aromatic carbocycles. The first kappa shape index (κ1) is 15.6. The summed E-state index contributed by atoms with van der Waals surface area (Å²) in [4.78, 5) is 15.0. The summed E-state index contributed by atoms with van der Waals surface area (Å²) in [6.45, 7) is 0.714. The third kappa shape index (κ3) is 2.93. The normalized spacial score (nSPS) is 17.0. The van der Waals surface area contributed by atoms with Crippen molar-refractivity contribution in [2.45, 2.75) is 18.9 Å². The highest BCUT2D eigenvalue weighted by molar-refractivity contribution is 6.00. The molecule has 1 aromatic heterocycles. The first-order chi connectivity index (χ1) is 12.2. The van der Waals surface area contributed by atoms with Crippen LogP contribution in [0.5, 0.6) is 0 Å². The van der Waals surface area contributed by atoms with Gasteiger partial charge in [0.25, 0.3) is 5.91 Å². The maximum atomic E-state index is 13.5. The zero-order valence-corrected chi connectivity index (χ0v) is 13.7. The Labute approximate surface area is 145 Å². The number of nitrogens with one attached hydrogen (secondary N) is 1. The van der Waals surface area contributed by atoms with E-state index in [2.05, 4.69) is 22.3 Å². The van der Waals surface area contributed by atoms with E-state index < -0.39 is 0 Å². The molecular weight excluding hydrogens is 317 g/mol. The third-order valence-electron chi connectivity index (χ3n) is 4.68. The standard InChI is InChI=1S/C20H18FN3O/c21-16-9-4-8-15(12-16)19-17(13-22-23-19)20(25)24-11-5-10-18(24)14-6-2-1-3-7-14/h1-4,6-9,12-13,18H,5,10-11H2,(H,22,23)/t18-/m0/s1. The molecule has 1 saturated heterocycles. The maximum absolute atomic E-state index is 13.5. The highest BCUT2D eigenvalue weighted by Crippen LogP contribution is 2.34. The lowest BCUT2D eigenvalue weighted by atomic mass is 10.0. The van der Waals surface area contributed by atoms with Gasteiger partial charge in [0, 0.05) is 12.1 Å². The molecule has 0 unspecified atom stereocenters. The van der Waals surface area contributed by atoms with E-state index in [0.29, 0.717) is 23.4 Å². The molecule has 0 spiro atoms. The van der Waals surface area contributed by atoms with E-state index in [-0.39, 0.29) is 17.8 Å². The number of hydrogen-bond donors (Lipinski definition) is 1. The van der Waals surface area contributed by atoms with Gasteiger partial charge in [0.1, 0.15) is 5.82 Å². The fourth-order valence-corrected chi connectivity index (χ4v) is 3.50. The predicted molar refractivity (Wildman–Crippen MR) is 93.4 cm³/mol. The van der Waals surface area contributed by atoms with Crippen LogP contribution >= 0.6 is 0 Å². The summed E-state index contributed by atoms with van der Waals surface area (Å²) in [5.41, 5.74) is 2.80. The van der Waals surface area contributed by atoms with Gasteiger partial charge in [0.05, 0.1) is 23.5 Å². The lowest BCUT2D eigenvalue weighted by Crippen LogP contribution is -2.30. The van der Waals surface area contributed by atoms with Crippen molar-refractivity contribution >= 4 is 5.91 Å². The Kier molecular flexibility index (Phi) is 4.06. The number of rotatable bonds is 3. The van der Waals surface area contributed by atoms with Gasteiger partial charge in [-0.15, -0.1) is 0 Å². The van der Waals surface area contributed by atoms with Gasteiger partial charge in [0.15, 0.2) is 0 Å². The molecule has 1 aliphatic rings. The average molecular weight is 335 g/mol.